The van der Waals surface area contributed by atoms with Gasteiger partial charge in [0.2, 0.25) is 76.7 Å². The van der Waals surface area contributed by atoms with Crippen LogP contribution in [0.3, 0.4) is 0 Å². The number of amides is 13. The van der Waals surface area contributed by atoms with Crippen LogP contribution >= 0.6 is 0 Å². The molecule has 0 aromatic heterocycles. The van der Waals surface area contributed by atoms with Gasteiger partial charge in [-0.05, 0) is 157 Å². The zero-order chi connectivity index (χ0) is 101. The highest BCUT2D eigenvalue weighted by Gasteiger charge is 2.76. The molecule has 5 aliphatic rings. The number of allylic oxidation sites excluding steroid dienone is 6. The number of aliphatic hydroxyl groups excluding tert-OH is 1. The molecule has 2 unspecified atom stereocenters. The van der Waals surface area contributed by atoms with Crippen molar-refractivity contribution in [3.63, 3.8) is 0 Å². The van der Waals surface area contributed by atoms with Crippen LogP contribution in [-0.2, 0) is 95.7 Å². The lowest BCUT2D eigenvalue weighted by Crippen LogP contribution is -2.69. The van der Waals surface area contributed by atoms with Gasteiger partial charge in [-0.1, -0.05) is 135 Å². The molecule has 0 aromatic rings. The van der Waals surface area contributed by atoms with Crippen molar-refractivity contribution in [1.82, 2.24) is 65.8 Å². The molecule has 0 bridgehead atoms. The van der Waals surface area contributed by atoms with Crippen LogP contribution in [0.2, 0.25) is 0 Å². The summed E-state index contributed by atoms with van der Waals surface area (Å²) in [5, 5.41) is 37.3. The molecule has 20 atom stereocenters. The summed E-state index contributed by atoms with van der Waals surface area (Å²) in [5.41, 5.74) is -6.42. The molecule has 1 saturated heterocycles. The third kappa shape index (κ3) is 27.0. The zero-order valence-corrected chi connectivity index (χ0v) is 83.7. The van der Waals surface area contributed by atoms with Crippen molar-refractivity contribution in [1.29, 1.82) is 0 Å². The second-order valence-corrected chi connectivity index (χ2v) is 40.3. The lowest BCUT2D eigenvalue weighted by Gasteiger charge is -2.62. The molecule has 7 N–H and O–H groups in total. The molecule has 133 heavy (non-hydrogen) atoms. The summed E-state index contributed by atoms with van der Waals surface area (Å²) in [6, 6.07) is -13.8. The first-order chi connectivity index (χ1) is 61.7. The van der Waals surface area contributed by atoms with Crippen molar-refractivity contribution >= 4 is 106 Å². The number of Topliss-reactive ketones (excluding diaryl/α,β-unsaturated/α-hetero) is 2. The van der Waals surface area contributed by atoms with E-state index in [1.165, 1.54) is 103 Å². The molecular weight excluding hydrogens is 1720 g/mol. The SMILES string of the molecule is C/C=C/C[C@@H](C)[C@@H](OC(=O)CN(C)C(=O)CNC(=O)OCCC(=O)CCC(=O)OCC(=O)[C@@]1(O)[C@H](C)CC2C3CCC4=CC(=O)C=C[C@]4(C)[C@@]3(F)[C@@H](O)C[C@@]21C)[C@@H]1C(=O)N[C@@H](CC)C(=O)N(C)CC(=O)N(C)[C@@H](CC(C)C)C(=O)N[C@@H](C(C)C)C(=O)N(C)[C@@H](CC(C)C)C(=O)N[C@H](C)C(=O)N[C@H](C)C(=O)N(C)[C@H](CC(C)C)C(=O)N(C)[C@@H](CC(C)C)C(=O)N(C)[C@H](C(C)C)C(=O)N1C. The van der Waals surface area contributed by atoms with Gasteiger partial charge in [-0.15, -0.1) is 0 Å². The van der Waals surface area contributed by atoms with E-state index in [0.717, 1.165) is 24.5 Å². The quantitative estimate of drug-likeness (QED) is 0.0287. The first-order valence-electron chi connectivity index (χ1n) is 46.9. The number of likely N-dealkylation sites (N-methyl/N-ethyl adjacent to an activating group) is 8. The van der Waals surface area contributed by atoms with Crippen molar-refractivity contribution in [2.45, 2.75) is 306 Å². The summed E-state index contributed by atoms with van der Waals surface area (Å²) < 4.78 is 34.5. The Labute approximate surface area is 784 Å². The largest absolute Gasteiger partial charge is 0.458 e. The lowest BCUT2D eigenvalue weighted by atomic mass is 9.44. The van der Waals surface area contributed by atoms with Gasteiger partial charge in [0, 0.05) is 86.0 Å². The van der Waals surface area contributed by atoms with Crippen molar-refractivity contribution in [2.24, 2.45) is 70.0 Å². The summed E-state index contributed by atoms with van der Waals surface area (Å²) >= 11 is 0. The number of esters is 2. The molecule has 13 amide bonds. The highest BCUT2D eigenvalue weighted by molar-refractivity contribution is 6.02. The molecular formula is C96H154FN13O23. The van der Waals surface area contributed by atoms with Crippen LogP contribution in [-0.4, -0.2) is 329 Å². The van der Waals surface area contributed by atoms with Crippen molar-refractivity contribution < 1.29 is 115 Å². The van der Waals surface area contributed by atoms with Gasteiger partial charge in [-0.25, -0.2) is 9.18 Å². The van der Waals surface area contributed by atoms with Crippen molar-refractivity contribution in [2.75, 3.05) is 89.2 Å². The van der Waals surface area contributed by atoms with E-state index in [9.17, 15) is 77.3 Å². The molecule has 1 aliphatic heterocycles. The number of hydrogen-bond acceptors (Lipinski definition) is 23. The summed E-state index contributed by atoms with van der Waals surface area (Å²) in [7, 11) is 10.6. The number of nitrogens with zero attached hydrogens (tertiary/aromatic N) is 8. The molecule has 1 heterocycles. The first-order valence-corrected chi connectivity index (χ1v) is 46.9. The fourth-order valence-corrected chi connectivity index (χ4v) is 19.7. The van der Waals surface area contributed by atoms with E-state index in [1.807, 2.05) is 55.4 Å². The minimum absolute atomic E-state index is 0.0188. The maximum absolute atomic E-state index is 17.7. The number of aliphatic hydroxyl groups is 2. The number of halogens is 1. The second-order valence-electron chi connectivity index (χ2n) is 40.3. The molecule has 0 spiro atoms. The van der Waals surface area contributed by atoms with Gasteiger partial charge in [-0.3, -0.25) is 81.5 Å². The van der Waals surface area contributed by atoms with E-state index in [2.05, 4.69) is 26.6 Å². The van der Waals surface area contributed by atoms with Gasteiger partial charge in [0.1, 0.15) is 97.6 Å². The average molecular weight is 1880 g/mol. The molecule has 748 valence electrons. The minimum Gasteiger partial charge on any atom is -0.458 e. The van der Waals surface area contributed by atoms with E-state index in [4.69, 9.17) is 14.2 Å². The van der Waals surface area contributed by atoms with Gasteiger partial charge in [0.25, 0.3) is 0 Å². The Kier molecular flexibility index (Phi) is 41.3. The van der Waals surface area contributed by atoms with Crippen LogP contribution < -0.4 is 26.6 Å². The van der Waals surface area contributed by atoms with Gasteiger partial charge in [0.15, 0.2) is 18.1 Å². The smallest absolute Gasteiger partial charge is 0.407 e. The van der Waals surface area contributed by atoms with Crippen LogP contribution in [0.5, 0.6) is 0 Å². The van der Waals surface area contributed by atoms with Crippen molar-refractivity contribution in [3.05, 3.63) is 36.0 Å². The van der Waals surface area contributed by atoms with Crippen LogP contribution in [0.4, 0.5) is 9.18 Å². The van der Waals surface area contributed by atoms with E-state index in [0.29, 0.717) is 12.0 Å². The van der Waals surface area contributed by atoms with Gasteiger partial charge in [-0.2, -0.15) is 0 Å². The second kappa shape index (κ2) is 48.4. The molecule has 0 aromatic carbocycles. The van der Waals surface area contributed by atoms with Crippen LogP contribution in [0.15, 0.2) is 36.0 Å². The molecule has 4 aliphatic carbocycles. The molecule has 36 nitrogen and oxygen atoms in total. The first kappa shape index (κ1) is 113. The standard InChI is InChI=1S/C96H154FN13O23/c1-29-31-32-58(15)81(133-77(118)50-103(21)74(115)48-98-92(129)131-40-38-63(111)34-36-76(117)132-51-73(114)96(130)59(16)45-66-65-35-33-62-46-64(112)37-39-93(62,19)95(65,97)72(113)47-94(66,96)20)80-85(122)101-67(30-2)87(124)104(22)49-75(116)105(23)68(41-52(3)4)84(121)102-78(56(11)12)90(127)106(24)69(42-53(5)6)83(120)99-60(17)82(119)100-61(18)86(123)107(25)70(43-54(7)8)88(125)108(26)71(44-55(9)10)89(126)109(27)79(57(13)14)91(128)110(80)28/h29,31,37,39,46,52-61,65-72,78-81,113,130H,30,32-36,38,40-45,47-51H2,1-28H3,(H,98,129)(H,99,120)(H,100,119)(H,101,122)(H,102,121)/b31-29+/t58-,59-,60-,61-,65?,66?,67+,68+,69+,70-,71+,72+,78+,79-,80-,81-,93+,94+,95+,96+/m1/s1. The number of ketones is 3. The van der Waals surface area contributed by atoms with Crippen LogP contribution in [0, 0.1) is 70.0 Å². The monoisotopic (exact) mass is 1880 g/mol. The van der Waals surface area contributed by atoms with Crippen molar-refractivity contribution in [3.8, 4) is 0 Å². The zero-order valence-electron chi connectivity index (χ0n) is 83.7. The molecule has 0 radical (unpaired) electrons. The summed E-state index contributed by atoms with van der Waals surface area (Å²) in [5.74, 6) is -18.7. The summed E-state index contributed by atoms with van der Waals surface area (Å²) in [4.78, 5) is 268. The average Bonchev–Trinajstić information content (AvgIpc) is 1.58. The Hall–Kier alpha value is -10.1. The number of alkyl carbamates (subject to hydrolysis) is 1. The molecule has 5 rings (SSSR count). The Morgan fingerprint density at radius 1 is 0.609 bits per heavy atom. The topological polar surface area (TPSA) is 461 Å². The fourth-order valence-electron chi connectivity index (χ4n) is 19.7. The Morgan fingerprint density at radius 3 is 1.68 bits per heavy atom. The molecule has 4 fully saturated rings. The highest BCUT2D eigenvalue weighted by Crippen LogP contribution is 2.71. The van der Waals surface area contributed by atoms with Crippen LogP contribution in [0.1, 0.15) is 222 Å². The number of carbonyl (C=O) groups excluding carboxylic acids is 18. The normalized spacial score (nSPS) is 29.9. The maximum atomic E-state index is 17.7. The lowest BCUT2D eigenvalue weighted by molar-refractivity contribution is -0.220. The Morgan fingerprint density at radius 2 is 1.14 bits per heavy atom. The number of nitrogens with one attached hydrogen (secondary N) is 5. The number of hydrogen-bond donors (Lipinski definition) is 7. The number of fused-ring (bicyclic) bond motifs is 5. The predicted octanol–water partition coefficient (Wildman–Crippen LogP) is 5.20. The predicted molar refractivity (Wildman–Crippen MR) is 492 cm³/mol. The van der Waals surface area contributed by atoms with E-state index < -0.39 is 283 Å². The summed E-state index contributed by atoms with van der Waals surface area (Å²) in [6.45, 7) is 30.1. The van der Waals surface area contributed by atoms with Gasteiger partial charge < -0.3 is 90.2 Å². The number of ether oxygens (including phenoxy) is 3. The molecule has 3 saturated carbocycles. The third-order valence-electron chi connectivity index (χ3n) is 27.7. The third-order valence-corrected chi connectivity index (χ3v) is 27.7. The van der Waals surface area contributed by atoms with Crippen LogP contribution in [0.25, 0.3) is 0 Å². The number of alkyl halides is 1. The number of rotatable bonds is 29. The Balaban J connectivity index is 1.43. The highest BCUT2D eigenvalue weighted by atomic mass is 19.1. The van der Waals surface area contributed by atoms with Gasteiger partial charge >= 0.3 is 18.0 Å². The van der Waals surface area contributed by atoms with Gasteiger partial charge in [0.05, 0.1) is 19.1 Å². The molecule has 37 heteroatoms. The fraction of sp³-hybridized carbons (Fsp3) is 0.750. The van der Waals surface area contributed by atoms with E-state index >= 15 is 23.6 Å². The number of carbonyl (C=O) groups is 18. The maximum Gasteiger partial charge on any atom is 0.407 e. The minimum atomic E-state index is -2.21. The summed E-state index contributed by atoms with van der Waals surface area (Å²) in [6.07, 6.45) is 2.51. The van der Waals surface area contributed by atoms with E-state index in [1.54, 1.807) is 81.4 Å². The Bertz CT molecular complexity index is 4340. The van der Waals surface area contributed by atoms with E-state index in [-0.39, 0.29) is 87.2 Å².